The Morgan fingerprint density at radius 2 is 1.50 bits per heavy atom. The van der Waals surface area contributed by atoms with Gasteiger partial charge in [0.25, 0.3) is 0 Å². The number of halogens is 1. The molecule has 0 heterocycles. The van der Waals surface area contributed by atoms with Crippen molar-refractivity contribution in [3.63, 3.8) is 0 Å². The maximum absolute atomic E-state index is 5.94. The normalized spacial score (nSPS) is 11.6. The lowest BCUT2D eigenvalue weighted by Crippen LogP contribution is -2.29. The molecule has 0 saturated heterocycles. The highest BCUT2D eigenvalue weighted by molar-refractivity contribution is 9.10. The van der Waals surface area contributed by atoms with Crippen molar-refractivity contribution in [2.45, 2.75) is 33.5 Å². The Labute approximate surface area is 95.7 Å². The Kier molecular flexibility index (Phi) is 3.43. The van der Waals surface area contributed by atoms with E-state index in [2.05, 4.69) is 61.6 Å². The van der Waals surface area contributed by atoms with Crippen LogP contribution < -0.4 is 4.43 Å². The topological polar surface area (TPSA) is 9.23 Å². The van der Waals surface area contributed by atoms with E-state index in [1.54, 1.807) is 0 Å². The molecule has 0 aliphatic heterocycles. The van der Waals surface area contributed by atoms with E-state index in [0.29, 0.717) is 0 Å². The molecule has 78 valence electrons. The second kappa shape index (κ2) is 4.07. The van der Waals surface area contributed by atoms with E-state index < -0.39 is 8.32 Å². The Bertz CT molecular complexity index is 319. The molecule has 0 bridgehead atoms. The fraction of sp³-hybridized carbons (Fsp3) is 0.455. The van der Waals surface area contributed by atoms with E-state index in [1.165, 1.54) is 15.6 Å². The maximum atomic E-state index is 5.94. The molecule has 0 N–H and O–H groups in total. The Morgan fingerprint density at radius 3 is 1.86 bits per heavy atom. The van der Waals surface area contributed by atoms with Crippen molar-refractivity contribution in [2.24, 2.45) is 0 Å². The largest absolute Gasteiger partial charge is 0.544 e. The second-order valence-corrected chi connectivity index (χ2v) is 9.81. The van der Waals surface area contributed by atoms with Crippen LogP contribution >= 0.6 is 15.9 Å². The van der Waals surface area contributed by atoms with Crippen LogP contribution in [-0.4, -0.2) is 8.32 Å². The summed E-state index contributed by atoms with van der Waals surface area (Å²) in [5, 5.41) is 0. The number of hydrogen-bond acceptors (Lipinski definition) is 1. The Balaban J connectivity index is 3.02. The van der Waals surface area contributed by atoms with Crippen LogP contribution in [-0.2, 0) is 0 Å². The highest BCUT2D eigenvalue weighted by atomic mass is 79.9. The molecule has 1 aromatic carbocycles. The van der Waals surface area contributed by atoms with Gasteiger partial charge in [-0.3, -0.25) is 0 Å². The first-order valence-electron chi connectivity index (χ1n) is 4.75. The fourth-order valence-corrected chi connectivity index (χ4v) is 2.37. The predicted octanol–water partition coefficient (Wildman–Crippen LogP) is 4.28. The zero-order chi connectivity index (χ0) is 10.9. The number of hydrogen-bond donors (Lipinski definition) is 0. The third-order valence-corrected chi connectivity index (χ3v) is 3.93. The minimum atomic E-state index is -1.48. The molecule has 0 fully saturated rings. The molecule has 0 aliphatic carbocycles. The smallest absolute Gasteiger partial charge is 0.242 e. The molecule has 0 amide bonds. The van der Waals surface area contributed by atoms with Gasteiger partial charge in [-0.2, -0.15) is 0 Å². The minimum Gasteiger partial charge on any atom is -0.544 e. The molecule has 0 radical (unpaired) electrons. The summed E-state index contributed by atoms with van der Waals surface area (Å²) < 4.78 is 7.12. The first-order valence-corrected chi connectivity index (χ1v) is 8.95. The highest BCUT2D eigenvalue weighted by Crippen LogP contribution is 2.27. The van der Waals surface area contributed by atoms with Crippen LogP contribution in [0.2, 0.25) is 19.6 Å². The standard InChI is InChI=1S/C11H17BrOSi/c1-8-6-10(13-14(3,4)5)7-9(2)11(8)12/h6-7H,1-5H3. The van der Waals surface area contributed by atoms with Crippen molar-refractivity contribution >= 4 is 24.2 Å². The third-order valence-electron chi connectivity index (χ3n) is 1.83. The monoisotopic (exact) mass is 272 g/mol. The molecule has 1 rings (SSSR count). The van der Waals surface area contributed by atoms with Crippen LogP contribution in [0.15, 0.2) is 16.6 Å². The summed E-state index contributed by atoms with van der Waals surface area (Å²) in [6.45, 7) is 10.8. The van der Waals surface area contributed by atoms with Gasteiger partial charge >= 0.3 is 0 Å². The summed E-state index contributed by atoms with van der Waals surface area (Å²) in [6.07, 6.45) is 0. The molecule has 0 unspecified atom stereocenters. The summed E-state index contributed by atoms with van der Waals surface area (Å²) >= 11 is 3.55. The van der Waals surface area contributed by atoms with Gasteiger partial charge in [-0.1, -0.05) is 15.9 Å². The summed E-state index contributed by atoms with van der Waals surface area (Å²) in [5.41, 5.74) is 2.47. The molecule has 3 heteroatoms. The Hall–Kier alpha value is -0.283. The summed E-state index contributed by atoms with van der Waals surface area (Å²) in [7, 11) is -1.48. The van der Waals surface area contributed by atoms with Crippen LogP contribution in [0.25, 0.3) is 0 Å². The molecule has 0 atom stereocenters. The maximum Gasteiger partial charge on any atom is 0.242 e. The highest BCUT2D eigenvalue weighted by Gasteiger charge is 2.16. The molecule has 0 aliphatic rings. The number of rotatable bonds is 2. The predicted molar refractivity (Wildman–Crippen MR) is 67.6 cm³/mol. The van der Waals surface area contributed by atoms with Crippen LogP contribution in [0.5, 0.6) is 5.75 Å². The van der Waals surface area contributed by atoms with E-state index in [-0.39, 0.29) is 0 Å². The molecule has 0 spiro atoms. The average molecular weight is 273 g/mol. The van der Waals surface area contributed by atoms with E-state index in [0.717, 1.165) is 5.75 Å². The van der Waals surface area contributed by atoms with E-state index >= 15 is 0 Å². The molecule has 14 heavy (non-hydrogen) atoms. The van der Waals surface area contributed by atoms with Gasteiger partial charge in [0, 0.05) is 4.47 Å². The lowest BCUT2D eigenvalue weighted by molar-refractivity contribution is 0.556. The minimum absolute atomic E-state index is 1.00. The van der Waals surface area contributed by atoms with Crippen molar-refractivity contribution in [3.05, 3.63) is 27.7 Å². The number of benzene rings is 1. The molecular weight excluding hydrogens is 256 g/mol. The van der Waals surface area contributed by atoms with Crippen molar-refractivity contribution < 1.29 is 4.43 Å². The SMILES string of the molecule is Cc1cc(O[Si](C)(C)C)cc(C)c1Br. The van der Waals surface area contributed by atoms with Crippen molar-refractivity contribution in [3.8, 4) is 5.75 Å². The van der Waals surface area contributed by atoms with Gasteiger partial charge in [-0.05, 0) is 56.7 Å². The van der Waals surface area contributed by atoms with Gasteiger partial charge in [0.15, 0.2) is 0 Å². The molecule has 1 nitrogen and oxygen atoms in total. The van der Waals surface area contributed by atoms with Gasteiger partial charge in [-0.25, -0.2) is 0 Å². The molecule has 0 aromatic heterocycles. The van der Waals surface area contributed by atoms with Crippen LogP contribution in [0, 0.1) is 13.8 Å². The second-order valence-electron chi connectivity index (χ2n) is 4.59. The molecule has 1 aromatic rings. The zero-order valence-corrected chi connectivity index (χ0v) is 12.0. The van der Waals surface area contributed by atoms with Crippen LogP contribution in [0.1, 0.15) is 11.1 Å². The van der Waals surface area contributed by atoms with E-state index in [1.807, 2.05) is 0 Å². The first kappa shape index (κ1) is 11.8. The van der Waals surface area contributed by atoms with Gasteiger partial charge in [-0.15, -0.1) is 0 Å². The quantitative estimate of drug-likeness (QED) is 0.731. The average Bonchev–Trinajstić information content (AvgIpc) is 1.96. The van der Waals surface area contributed by atoms with Crippen molar-refractivity contribution in [2.75, 3.05) is 0 Å². The number of aryl methyl sites for hydroxylation is 2. The van der Waals surface area contributed by atoms with Gasteiger partial charge in [0.05, 0.1) is 0 Å². The third kappa shape index (κ3) is 3.14. The van der Waals surface area contributed by atoms with Crippen molar-refractivity contribution in [1.82, 2.24) is 0 Å². The van der Waals surface area contributed by atoms with E-state index in [4.69, 9.17) is 4.43 Å². The molecular formula is C11H17BrOSi. The van der Waals surface area contributed by atoms with Crippen molar-refractivity contribution in [1.29, 1.82) is 0 Å². The first-order chi connectivity index (χ1) is 6.29. The lowest BCUT2D eigenvalue weighted by atomic mass is 10.1. The lowest BCUT2D eigenvalue weighted by Gasteiger charge is -2.20. The Morgan fingerprint density at radius 1 is 1.07 bits per heavy atom. The van der Waals surface area contributed by atoms with Gasteiger partial charge < -0.3 is 4.43 Å². The summed E-state index contributed by atoms with van der Waals surface area (Å²) in [4.78, 5) is 0. The van der Waals surface area contributed by atoms with Crippen LogP contribution in [0.3, 0.4) is 0 Å². The zero-order valence-electron chi connectivity index (χ0n) is 9.44. The summed E-state index contributed by atoms with van der Waals surface area (Å²) in [5.74, 6) is 1.00. The summed E-state index contributed by atoms with van der Waals surface area (Å²) in [6, 6.07) is 4.19. The van der Waals surface area contributed by atoms with E-state index in [9.17, 15) is 0 Å². The van der Waals surface area contributed by atoms with Crippen LogP contribution in [0.4, 0.5) is 0 Å². The fourth-order valence-electron chi connectivity index (χ4n) is 1.32. The van der Waals surface area contributed by atoms with Gasteiger partial charge in [0.2, 0.25) is 8.32 Å². The molecule has 0 saturated carbocycles. The van der Waals surface area contributed by atoms with Gasteiger partial charge in [0.1, 0.15) is 5.75 Å².